The first-order valence-corrected chi connectivity index (χ1v) is 5.99. The first kappa shape index (κ1) is 14.0. The van der Waals surface area contributed by atoms with Crippen molar-refractivity contribution in [3.05, 3.63) is 50.9 Å². The number of nitrogens with zero attached hydrogens (tertiary/aromatic N) is 1. The molecule has 0 aliphatic rings. The van der Waals surface area contributed by atoms with Crippen molar-refractivity contribution in [3.8, 4) is 0 Å². The second-order valence-electron chi connectivity index (χ2n) is 3.90. The van der Waals surface area contributed by atoms with Crippen LogP contribution in [0.5, 0.6) is 0 Å². The Morgan fingerprint density at radius 2 is 2.11 bits per heavy atom. The van der Waals surface area contributed by atoms with Gasteiger partial charge in [0.25, 0.3) is 11.5 Å². The fourth-order valence-electron chi connectivity index (χ4n) is 1.64. The summed E-state index contributed by atoms with van der Waals surface area (Å²) in [6.45, 7) is 3.23. The molecule has 0 spiro atoms. The third kappa shape index (κ3) is 2.62. The molecule has 0 bridgehead atoms. The lowest BCUT2D eigenvalue weighted by Crippen LogP contribution is -2.26. The van der Waals surface area contributed by atoms with E-state index in [1.54, 1.807) is 0 Å². The standard InChI is InChI=1S/C12H8Cl2F2N2O/c1-2-3-12(15,16)10-11(19)17-8-5-6(13)4-7(14)9(8)18-10/h2,4-5H,1,3H2,(H,17,19). The van der Waals surface area contributed by atoms with E-state index in [1.165, 1.54) is 12.1 Å². The number of hydrogen-bond acceptors (Lipinski definition) is 2. The van der Waals surface area contributed by atoms with Gasteiger partial charge in [-0.2, -0.15) is 8.78 Å². The number of alkyl halides is 2. The number of allylic oxidation sites excluding steroid dienone is 1. The van der Waals surface area contributed by atoms with E-state index in [2.05, 4.69) is 16.5 Å². The molecule has 1 aromatic carbocycles. The van der Waals surface area contributed by atoms with E-state index in [0.717, 1.165) is 6.08 Å². The van der Waals surface area contributed by atoms with Gasteiger partial charge in [-0.15, -0.1) is 6.58 Å². The van der Waals surface area contributed by atoms with Crippen molar-refractivity contribution in [2.75, 3.05) is 0 Å². The molecule has 19 heavy (non-hydrogen) atoms. The lowest BCUT2D eigenvalue weighted by atomic mass is 10.1. The Bertz CT molecular complexity index is 713. The van der Waals surface area contributed by atoms with E-state index in [4.69, 9.17) is 23.2 Å². The second-order valence-corrected chi connectivity index (χ2v) is 4.74. The van der Waals surface area contributed by atoms with Gasteiger partial charge in [0.2, 0.25) is 0 Å². The Morgan fingerprint density at radius 1 is 1.42 bits per heavy atom. The van der Waals surface area contributed by atoms with E-state index < -0.39 is 23.6 Å². The van der Waals surface area contributed by atoms with E-state index in [0.29, 0.717) is 0 Å². The summed E-state index contributed by atoms with van der Waals surface area (Å²) in [5.74, 6) is -3.40. The number of H-pyrrole nitrogens is 1. The van der Waals surface area contributed by atoms with E-state index >= 15 is 0 Å². The molecule has 0 amide bonds. The molecule has 3 nitrogen and oxygen atoms in total. The highest BCUT2D eigenvalue weighted by molar-refractivity contribution is 6.38. The monoisotopic (exact) mass is 304 g/mol. The summed E-state index contributed by atoms with van der Waals surface area (Å²) in [6, 6.07) is 2.76. The first-order valence-electron chi connectivity index (χ1n) is 5.23. The highest BCUT2D eigenvalue weighted by Gasteiger charge is 2.35. The average Bonchev–Trinajstić information content (AvgIpc) is 2.27. The van der Waals surface area contributed by atoms with Crippen LogP contribution in [-0.4, -0.2) is 9.97 Å². The molecule has 7 heteroatoms. The number of benzene rings is 1. The summed E-state index contributed by atoms with van der Waals surface area (Å²) in [5.41, 5.74) is -1.58. The molecular formula is C12H8Cl2F2N2O. The Hall–Kier alpha value is -1.46. The number of halogens is 4. The fourth-order valence-corrected chi connectivity index (χ4v) is 2.18. The Balaban J connectivity index is 2.75. The van der Waals surface area contributed by atoms with Crippen LogP contribution in [0.4, 0.5) is 8.78 Å². The van der Waals surface area contributed by atoms with Gasteiger partial charge in [0, 0.05) is 11.4 Å². The lowest BCUT2D eigenvalue weighted by Gasteiger charge is -2.13. The molecule has 2 rings (SSSR count). The molecule has 1 heterocycles. The van der Waals surface area contributed by atoms with Gasteiger partial charge in [-0.25, -0.2) is 4.98 Å². The molecule has 0 saturated carbocycles. The zero-order valence-corrected chi connectivity index (χ0v) is 11.0. The van der Waals surface area contributed by atoms with Gasteiger partial charge in [-0.05, 0) is 12.1 Å². The number of nitrogens with one attached hydrogen (secondary N) is 1. The van der Waals surface area contributed by atoms with Crippen molar-refractivity contribution in [1.82, 2.24) is 9.97 Å². The lowest BCUT2D eigenvalue weighted by molar-refractivity contribution is -0.00662. The number of rotatable bonds is 3. The smallest absolute Gasteiger partial charge is 0.298 e. The van der Waals surface area contributed by atoms with Crippen molar-refractivity contribution in [1.29, 1.82) is 0 Å². The number of aromatic amines is 1. The maximum atomic E-state index is 13.7. The van der Waals surface area contributed by atoms with E-state index in [9.17, 15) is 13.6 Å². The van der Waals surface area contributed by atoms with Crippen molar-refractivity contribution in [2.45, 2.75) is 12.3 Å². The predicted molar refractivity (Wildman–Crippen MR) is 71.1 cm³/mol. The van der Waals surface area contributed by atoms with Gasteiger partial charge in [0.15, 0.2) is 5.69 Å². The predicted octanol–water partition coefficient (Wildman–Crippen LogP) is 3.90. The third-order valence-electron chi connectivity index (χ3n) is 2.46. The minimum absolute atomic E-state index is 0.0735. The van der Waals surface area contributed by atoms with Crippen LogP contribution in [0.1, 0.15) is 12.1 Å². The molecule has 0 unspecified atom stereocenters. The van der Waals surface area contributed by atoms with Crippen LogP contribution >= 0.6 is 23.2 Å². The molecular weight excluding hydrogens is 297 g/mol. The molecule has 0 atom stereocenters. The molecule has 1 N–H and O–H groups in total. The van der Waals surface area contributed by atoms with Crippen molar-refractivity contribution < 1.29 is 8.78 Å². The summed E-state index contributed by atoms with van der Waals surface area (Å²) in [7, 11) is 0. The van der Waals surface area contributed by atoms with Crippen molar-refractivity contribution in [3.63, 3.8) is 0 Å². The summed E-state index contributed by atoms with van der Waals surface area (Å²) in [6.07, 6.45) is 0.342. The van der Waals surface area contributed by atoms with Crippen LogP contribution in [0.3, 0.4) is 0 Å². The number of aromatic nitrogens is 2. The van der Waals surface area contributed by atoms with E-state index in [1.807, 2.05) is 0 Å². The van der Waals surface area contributed by atoms with Crippen LogP contribution < -0.4 is 5.56 Å². The quantitative estimate of drug-likeness (QED) is 0.874. The Labute approximate surface area is 116 Å². The van der Waals surface area contributed by atoms with Gasteiger partial charge < -0.3 is 4.98 Å². The Morgan fingerprint density at radius 3 is 2.74 bits per heavy atom. The Kier molecular flexibility index (Phi) is 3.60. The largest absolute Gasteiger partial charge is 0.319 e. The second kappa shape index (κ2) is 4.90. The molecule has 0 aliphatic heterocycles. The molecule has 1 aromatic heterocycles. The van der Waals surface area contributed by atoms with Crippen molar-refractivity contribution in [2.24, 2.45) is 0 Å². The normalized spacial score (nSPS) is 11.8. The SMILES string of the molecule is C=CCC(F)(F)c1nc2c(Cl)cc(Cl)cc2[nH]c1=O. The highest BCUT2D eigenvalue weighted by Crippen LogP contribution is 2.31. The molecule has 0 saturated heterocycles. The molecule has 0 fully saturated rings. The third-order valence-corrected chi connectivity index (χ3v) is 2.97. The van der Waals surface area contributed by atoms with Crippen LogP contribution in [0.25, 0.3) is 11.0 Å². The zero-order valence-electron chi connectivity index (χ0n) is 9.51. The average molecular weight is 305 g/mol. The van der Waals surface area contributed by atoms with Gasteiger partial charge in [0.05, 0.1) is 10.5 Å². The molecule has 0 radical (unpaired) electrons. The van der Waals surface area contributed by atoms with Crippen molar-refractivity contribution >= 4 is 34.2 Å². The summed E-state index contributed by atoms with van der Waals surface area (Å²) in [5, 5.41) is 0.370. The topological polar surface area (TPSA) is 45.8 Å². The minimum atomic E-state index is -3.40. The highest BCUT2D eigenvalue weighted by atomic mass is 35.5. The minimum Gasteiger partial charge on any atom is -0.319 e. The van der Waals surface area contributed by atoms with Crippen LogP contribution in [0.15, 0.2) is 29.6 Å². The van der Waals surface area contributed by atoms with Gasteiger partial charge in [0.1, 0.15) is 5.52 Å². The van der Waals surface area contributed by atoms with Crippen LogP contribution in [-0.2, 0) is 5.92 Å². The van der Waals surface area contributed by atoms with Crippen LogP contribution in [0.2, 0.25) is 10.0 Å². The van der Waals surface area contributed by atoms with Crippen LogP contribution in [0, 0.1) is 0 Å². The molecule has 0 aliphatic carbocycles. The number of hydrogen-bond donors (Lipinski definition) is 1. The van der Waals surface area contributed by atoms with Gasteiger partial charge >= 0.3 is 0 Å². The fraction of sp³-hybridized carbons (Fsp3) is 0.167. The maximum absolute atomic E-state index is 13.7. The summed E-state index contributed by atoms with van der Waals surface area (Å²) < 4.78 is 27.5. The zero-order chi connectivity index (χ0) is 14.2. The summed E-state index contributed by atoms with van der Waals surface area (Å²) >= 11 is 11.6. The number of fused-ring (bicyclic) bond motifs is 1. The maximum Gasteiger partial charge on any atom is 0.298 e. The molecule has 100 valence electrons. The summed E-state index contributed by atoms with van der Waals surface area (Å²) in [4.78, 5) is 17.6. The first-order chi connectivity index (χ1) is 8.85. The van der Waals surface area contributed by atoms with E-state index in [-0.39, 0.29) is 21.1 Å². The molecule has 2 aromatic rings. The van der Waals surface area contributed by atoms with Gasteiger partial charge in [-0.1, -0.05) is 29.3 Å². The van der Waals surface area contributed by atoms with Gasteiger partial charge in [-0.3, -0.25) is 4.79 Å².